The second-order valence-electron chi connectivity index (χ2n) is 5.71. The van der Waals surface area contributed by atoms with E-state index in [1.165, 1.54) is 18.7 Å². The normalized spacial score (nSPS) is 11.0. The largest absolute Gasteiger partial charge is 0.423 e. The van der Waals surface area contributed by atoms with Crippen molar-refractivity contribution in [3.63, 3.8) is 0 Å². The Labute approximate surface area is 142 Å². The molecular weight excluding hydrogens is 324 g/mol. The van der Waals surface area contributed by atoms with Crippen molar-refractivity contribution in [3.05, 3.63) is 45.2 Å². The molecule has 0 aromatic carbocycles. The van der Waals surface area contributed by atoms with Gasteiger partial charge in [-0.1, -0.05) is 13.0 Å². The molecule has 1 amide bonds. The average Bonchev–Trinajstić information content (AvgIpc) is 2.98. The molecule has 0 aliphatic rings. The van der Waals surface area contributed by atoms with Crippen LogP contribution in [0.15, 0.2) is 38.4 Å². The summed E-state index contributed by atoms with van der Waals surface area (Å²) in [4.78, 5) is 41.1. The molecule has 0 aliphatic carbocycles. The highest BCUT2D eigenvalue weighted by molar-refractivity contribution is 6.02. The maximum Gasteiger partial charge on any atom is 0.333 e. The molecule has 0 saturated carbocycles. The first-order chi connectivity index (χ1) is 12.0. The molecule has 3 aromatic heterocycles. The van der Waals surface area contributed by atoms with E-state index in [0.717, 1.165) is 4.57 Å². The molecule has 3 aromatic rings. The number of amides is 1. The molecule has 8 nitrogen and oxygen atoms in total. The zero-order valence-corrected chi connectivity index (χ0v) is 14.2. The molecule has 8 heteroatoms. The smallest absolute Gasteiger partial charge is 0.333 e. The SMILES string of the molecule is CCCC(=O)Nc1oc2c(c1-c1ccccn1)c(=O)n(C)c(=O)n2C. The molecule has 0 saturated heterocycles. The average molecular weight is 342 g/mol. The quantitative estimate of drug-likeness (QED) is 0.777. The van der Waals surface area contributed by atoms with Gasteiger partial charge in [0.05, 0.1) is 11.3 Å². The van der Waals surface area contributed by atoms with Crippen molar-refractivity contribution < 1.29 is 9.21 Å². The van der Waals surface area contributed by atoms with E-state index in [1.54, 1.807) is 24.4 Å². The number of anilines is 1. The fraction of sp³-hybridized carbons (Fsp3) is 0.294. The van der Waals surface area contributed by atoms with Gasteiger partial charge in [-0.25, -0.2) is 4.79 Å². The van der Waals surface area contributed by atoms with Crippen molar-refractivity contribution in [1.82, 2.24) is 14.1 Å². The van der Waals surface area contributed by atoms with Crippen LogP contribution in [-0.2, 0) is 18.9 Å². The summed E-state index contributed by atoms with van der Waals surface area (Å²) < 4.78 is 7.93. The fourth-order valence-electron chi connectivity index (χ4n) is 2.68. The zero-order chi connectivity index (χ0) is 18.1. The van der Waals surface area contributed by atoms with Gasteiger partial charge in [0.2, 0.25) is 17.5 Å². The van der Waals surface area contributed by atoms with Crippen molar-refractivity contribution in [2.24, 2.45) is 14.1 Å². The van der Waals surface area contributed by atoms with Crippen LogP contribution in [0.5, 0.6) is 0 Å². The van der Waals surface area contributed by atoms with Gasteiger partial charge in [0.25, 0.3) is 5.56 Å². The van der Waals surface area contributed by atoms with Crippen LogP contribution in [0.2, 0.25) is 0 Å². The van der Waals surface area contributed by atoms with E-state index in [0.29, 0.717) is 24.1 Å². The molecule has 0 radical (unpaired) electrons. The van der Waals surface area contributed by atoms with Crippen LogP contribution in [0.4, 0.5) is 5.88 Å². The number of rotatable bonds is 4. The summed E-state index contributed by atoms with van der Waals surface area (Å²) in [6, 6.07) is 5.23. The summed E-state index contributed by atoms with van der Waals surface area (Å²) in [5.41, 5.74) is -0.0654. The number of furan rings is 1. The monoisotopic (exact) mass is 342 g/mol. The summed E-state index contributed by atoms with van der Waals surface area (Å²) in [5, 5.41) is 2.89. The van der Waals surface area contributed by atoms with Crippen LogP contribution in [-0.4, -0.2) is 20.0 Å². The number of aryl methyl sites for hydroxylation is 1. The van der Waals surface area contributed by atoms with Gasteiger partial charge in [0.15, 0.2) is 0 Å². The summed E-state index contributed by atoms with van der Waals surface area (Å²) >= 11 is 0. The summed E-state index contributed by atoms with van der Waals surface area (Å²) in [6.45, 7) is 1.89. The first-order valence-corrected chi connectivity index (χ1v) is 7.89. The Hall–Kier alpha value is -3.16. The van der Waals surface area contributed by atoms with Gasteiger partial charge in [0, 0.05) is 26.7 Å². The standard InChI is InChI=1S/C17H18N4O4/c1-4-7-11(22)19-14-12(10-8-5-6-9-18-10)13-15(23)20(2)17(24)21(3)16(13)25-14/h5-6,8-9H,4,7H2,1-3H3,(H,19,22). The Kier molecular flexibility index (Phi) is 4.26. The number of carbonyl (C=O) groups is 1. The topological polar surface area (TPSA) is 99.1 Å². The number of nitrogens with one attached hydrogen (secondary N) is 1. The summed E-state index contributed by atoms with van der Waals surface area (Å²) in [6.07, 6.45) is 2.57. The summed E-state index contributed by atoms with van der Waals surface area (Å²) in [5.74, 6) is -0.119. The highest BCUT2D eigenvalue weighted by Crippen LogP contribution is 2.35. The van der Waals surface area contributed by atoms with Crippen molar-refractivity contribution in [1.29, 1.82) is 0 Å². The Morgan fingerprint density at radius 1 is 1.24 bits per heavy atom. The van der Waals surface area contributed by atoms with E-state index >= 15 is 0 Å². The van der Waals surface area contributed by atoms with Gasteiger partial charge in [-0.2, -0.15) is 0 Å². The maximum atomic E-state index is 12.7. The van der Waals surface area contributed by atoms with Gasteiger partial charge in [-0.3, -0.25) is 29.0 Å². The molecular formula is C17H18N4O4. The molecule has 0 atom stereocenters. The molecule has 0 spiro atoms. The molecule has 25 heavy (non-hydrogen) atoms. The minimum atomic E-state index is -0.509. The van der Waals surface area contributed by atoms with Crippen LogP contribution in [0.25, 0.3) is 22.4 Å². The Balaban J connectivity index is 2.38. The first-order valence-electron chi connectivity index (χ1n) is 7.89. The van der Waals surface area contributed by atoms with E-state index in [-0.39, 0.29) is 22.9 Å². The van der Waals surface area contributed by atoms with Crippen LogP contribution in [0.3, 0.4) is 0 Å². The molecule has 3 heterocycles. The Bertz CT molecular complexity index is 1060. The Morgan fingerprint density at radius 3 is 2.64 bits per heavy atom. The first kappa shape index (κ1) is 16.7. The van der Waals surface area contributed by atoms with Crippen molar-refractivity contribution >= 4 is 22.9 Å². The van der Waals surface area contributed by atoms with E-state index in [1.807, 2.05) is 6.92 Å². The lowest BCUT2D eigenvalue weighted by Gasteiger charge is -2.04. The van der Waals surface area contributed by atoms with E-state index in [4.69, 9.17) is 4.42 Å². The van der Waals surface area contributed by atoms with Crippen LogP contribution in [0, 0.1) is 0 Å². The number of nitrogens with zero attached hydrogens (tertiary/aromatic N) is 3. The number of hydrogen-bond acceptors (Lipinski definition) is 5. The van der Waals surface area contributed by atoms with Crippen molar-refractivity contribution in [2.45, 2.75) is 19.8 Å². The van der Waals surface area contributed by atoms with Gasteiger partial charge in [-0.05, 0) is 18.6 Å². The molecule has 1 N–H and O–H groups in total. The molecule has 3 rings (SSSR count). The lowest BCUT2D eigenvalue weighted by Crippen LogP contribution is -2.36. The van der Waals surface area contributed by atoms with Gasteiger partial charge in [-0.15, -0.1) is 0 Å². The minimum absolute atomic E-state index is 0.0977. The third-order valence-corrected chi connectivity index (χ3v) is 3.94. The van der Waals surface area contributed by atoms with Gasteiger partial charge < -0.3 is 4.42 Å². The molecule has 0 bridgehead atoms. The fourth-order valence-corrected chi connectivity index (χ4v) is 2.68. The van der Waals surface area contributed by atoms with E-state index < -0.39 is 11.2 Å². The van der Waals surface area contributed by atoms with E-state index in [9.17, 15) is 14.4 Å². The molecule has 0 fully saturated rings. The zero-order valence-electron chi connectivity index (χ0n) is 14.2. The predicted octanol–water partition coefficient (Wildman–Crippen LogP) is 1.63. The number of hydrogen-bond donors (Lipinski definition) is 1. The van der Waals surface area contributed by atoms with Crippen LogP contribution in [0.1, 0.15) is 19.8 Å². The van der Waals surface area contributed by atoms with Crippen LogP contribution >= 0.6 is 0 Å². The highest BCUT2D eigenvalue weighted by atomic mass is 16.4. The second-order valence-corrected chi connectivity index (χ2v) is 5.71. The highest BCUT2D eigenvalue weighted by Gasteiger charge is 2.24. The summed E-state index contributed by atoms with van der Waals surface area (Å²) in [7, 11) is 2.90. The van der Waals surface area contributed by atoms with Crippen molar-refractivity contribution in [3.8, 4) is 11.3 Å². The third kappa shape index (κ3) is 2.75. The predicted molar refractivity (Wildman–Crippen MR) is 93.5 cm³/mol. The molecule has 0 aliphatic heterocycles. The Morgan fingerprint density at radius 2 is 2.00 bits per heavy atom. The maximum absolute atomic E-state index is 12.7. The van der Waals surface area contributed by atoms with Crippen LogP contribution < -0.4 is 16.6 Å². The van der Waals surface area contributed by atoms with Crippen molar-refractivity contribution in [2.75, 3.05) is 5.32 Å². The molecule has 130 valence electrons. The minimum Gasteiger partial charge on any atom is -0.423 e. The second kappa shape index (κ2) is 6.39. The van der Waals surface area contributed by atoms with Gasteiger partial charge >= 0.3 is 5.69 Å². The van der Waals surface area contributed by atoms with E-state index in [2.05, 4.69) is 10.3 Å². The molecule has 0 unspecified atom stereocenters. The number of carbonyl (C=O) groups excluding carboxylic acids is 1. The lowest BCUT2D eigenvalue weighted by molar-refractivity contribution is -0.116. The lowest BCUT2D eigenvalue weighted by atomic mass is 10.1. The number of aromatic nitrogens is 3. The van der Waals surface area contributed by atoms with Gasteiger partial charge in [0.1, 0.15) is 5.39 Å². The number of pyridine rings is 1. The number of fused-ring (bicyclic) bond motifs is 1. The third-order valence-electron chi connectivity index (χ3n) is 3.94.